The maximum absolute atomic E-state index is 10.9. The number of rotatable bonds is 7. The van der Waals surface area contributed by atoms with Crippen LogP contribution < -0.4 is 0 Å². The van der Waals surface area contributed by atoms with E-state index in [1.54, 1.807) is 6.92 Å². The summed E-state index contributed by atoms with van der Waals surface area (Å²) in [5, 5.41) is 27.1. The molecule has 0 aliphatic carbocycles. The molecule has 15 heavy (non-hydrogen) atoms. The fourth-order valence-electron chi connectivity index (χ4n) is 1.02. The molecule has 0 amide bonds. The van der Waals surface area contributed by atoms with E-state index in [-0.39, 0.29) is 6.42 Å². The SMILES string of the molecule is CCC([AsH]C(CO)(CO)CO)S(=O)(=O)O. The zero-order chi connectivity index (χ0) is 12.1. The molecule has 4 N–H and O–H groups in total. The van der Waals surface area contributed by atoms with Gasteiger partial charge >= 0.3 is 95.6 Å². The second-order valence-electron chi connectivity index (χ2n) is 3.31. The van der Waals surface area contributed by atoms with Crippen molar-refractivity contribution in [3.63, 3.8) is 0 Å². The Morgan fingerprint density at radius 1 is 1.20 bits per heavy atom. The fourth-order valence-corrected chi connectivity index (χ4v) is 6.26. The van der Waals surface area contributed by atoms with Crippen molar-refractivity contribution in [1.29, 1.82) is 0 Å². The molecule has 0 aromatic rings. The molecular weight excluding hydrogens is 287 g/mol. The molecule has 92 valence electrons. The second-order valence-corrected chi connectivity index (χ2v) is 10.1. The van der Waals surface area contributed by atoms with Crippen molar-refractivity contribution in [3.05, 3.63) is 0 Å². The van der Waals surface area contributed by atoms with Gasteiger partial charge in [-0.15, -0.1) is 0 Å². The Morgan fingerprint density at radius 3 is 1.80 bits per heavy atom. The van der Waals surface area contributed by atoms with Crippen LogP contribution in [0.3, 0.4) is 0 Å². The van der Waals surface area contributed by atoms with Crippen LogP contribution >= 0.6 is 0 Å². The van der Waals surface area contributed by atoms with E-state index in [1.165, 1.54) is 0 Å². The van der Waals surface area contributed by atoms with Crippen LogP contribution in [0.2, 0.25) is 4.20 Å². The normalized spacial score (nSPS) is 16.1. The topological polar surface area (TPSA) is 115 Å². The molecule has 0 spiro atoms. The van der Waals surface area contributed by atoms with E-state index in [1.807, 2.05) is 0 Å². The van der Waals surface area contributed by atoms with E-state index in [0.29, 0.717) is 0 Å². The fraction of sp³-hybridized carbons (Fsp3) is 1.00. The first kappa shape index (κ1) is 15.3. The van der Waals surface area contributed by atoms with Gasteiger partial charge in [0.15, 0.2) is 0 Å². The Labute approximate surface area is 95.8 Å². The van der Waals surface area contributed by atoms with Crippen LogP contribution in [-0.4, -0.2) is 67.9 Å². The summed E-state index contributed by atoms with van der Waals surface area (Å²) < 4.78 is 28.6. The average Bonchev–Trinajstić information content (AvgIpc) is 2.19. The Hall–Kier alpha value is 0.348. The molecule has 0 bridgehead atoms. The number of aliphatic hydroxyl groups excluding tert-OH is 3. The molecule has 0 aromatic heterocycles. The van der Waals surface area contributed by atoms with Crippen LogP contribution in [0.1, 0.15) is 13.3 Å². The number of aliphatic hydroxyl groups is 3. The maximum atomic E-state index is 10.9. The molecule has 0 radical (unpaired) electrons. The first-order chi connectivity index (χ1) is 6.85. The minimum atomic E-state index is -4.16. The van der Waals surface area contributed by atoms with Crippen molar-refractivity contribution < 1.29 is 28.3 Å². The van der Waals surface area contributed by atoms with Crippen molar-refractivity contribution in [2.45, 2.75) is 21.6 Å². The molecule has 0 aromatic carbocycles. The summed E-state index contributed by atoms with van der Waals surface area (Å²) in [5.74, 6) is 0. The molecule has 0 aliphatic heterocycles. The van der Waals surface area contributed by atoms with Gasteiger partial charge in [0, 0.05) is 0 Å². The van der Waals surface area contributed by atoms with Crippen LogP contribution in [0.5, 0.6) is 0 Å². The van der Waals surface area contributed by atoms with Crippen molar-refractivity contribution in [2.24, 2.45) is 0 Å². The third kappa shape index (κ3) is 4.38. The van der Waals surface area contributed by atoms with Gasteiger partial charge in [-0.3, -0.25) is 0 Å². The van der Waals surface area contributed by atoms with Gasteiger partial charge in [-0.2, -0.15) is 0 Å². The summed E-state index contributed by atoms with van der Waals surface area (Å²) in [6.45, 7) is 0.156. The van der Waals surface area contributed by atoms with Crippen molar-refractivity contribution in [3.8, 4) is 0 Å². The van der Waals surface area contributed by atoms with Gasteiger partial charge in [0.2, 0.25) is 0 Å². The van der Waals surface area contributed by atoms with Gasteiger partial charge in [-0.1, -0.05) is 0 Å². The average molecular weight is 304 g/mol. The number of hydrogen-bond donors (Lipinski definition) is 4. The van der Waals surface area contributed by atoms with E-state index >= 15 is 0 Å². The van der Waals surface area contributed by atoms with E-state index in [9.17, 15) is 8.42 Å². The Kier molecular flexibility index (Phi) is 6.32. The standard InChI is InChI=1S/C7H17AsO6S/c1-2-6(15(12,13)14)8-7(3-9,4-10)5-11/h6,8-11H,2-5H2,1H3,(H,12,13,14). The van der Waals surface area contributed by atoms with Gasteiger partial charge < -0.3 is 0 Å². The van der Waals surface area contributed by atoms with Crippen LogP contribution in [0.15, 0.2) is 0 Å². The summed E-state index contributed by atoms with van der Waals surface area (Å²) in [6, 6.07) is 0. The zero-order valence-electron chi connectivity index (χ0n) is 8.42. The Balaban J connectivity index is 4.79. The van der Waals surface area contributed by atoms with Crippen molar-refractivity contribution in [2.75, 3.05) is 19.8 Å². The summed E-state index contributed by atoms with van der Waals surface area (Å²) in [5.41, 5.74) is 0. The minimum absolute atomic E-state index is 0.209. The first-order valence-electron chi connectivity index (χ1n) is 4.41. The molecule has 6 nitrogen and oxygen atoms in total. The quantitative estimate of drug-likeness (QED) is 0.325. The zero-order valence-corrected chi connectivity index (χ0v) is 11.3. The van der Waals surface area contributed by atoms with Crippen LogP contribution in [0.4, 0.5) is 0 Å². The predicted molar refractivity (Wildman–Crippen MR) is 56.7 cm³/mol. The van der Waals surface area contributed by atoms with E-state index in [0.717, 1.165) is 0 Å². The Morgan fingerprint density at radius 2 is 1.60 bits per heavy atom. The van der Waals surface area contributed by atoms with Crippen molar-refractivity contribution >= 4 is 25.9 Å². The molecule has 0 saturated heterocycles. The Bertz CT molecular complexity index is 265. The van der Waals surface area contributed by atoms with Crippen LogP contribution in [-0.2, 0) is 10.1 Å². The van der Waals surface area contributed by atoms with E-state index < -0.39 is 53.9 Å². The second kappa shape index (κ2) is 6.17. The molecule has 0 fully saturated rings. The third-order valence-corrected chi connectivity index (χ3v) is 9.46. The predicted octanol–water partition coefficient (Wildman–Crippen LogP) is -1.82. The molecule has 2 unspecified atom stereocenters. The van der Waals surface area contributed by atoms with Crippen LogP contribution in [0.25, 0.3) is 0 Å². The van der Waals surface area contributed by atoms with Gasteiger partial charge in [-0.05, 0) is 0 Å². The monoisotopic (exact) mass is 304 g/mol. The van der Waals surface area contributed by atoms with Crippen LogP contribution in [0, 0.1) is 0 Å². The van der Waals surface area contributed by atoms with Gasteiger partial charge in [0.05, 0.1) is 0 Å². The van der Waals surface area contributed by atoms with E-state index in [4.69, 9.17) is 19.9 Å². The summed E-state index contributed by atoms with van der Waals surface area (Å²) in [7, 11) is -4.16. The summed E-state index contributed by atoms with van der Waals surface area (Å²) in [6.07, 6.45) is 0.209. The first-order valence-corrected chi connectivity index (χ1v) is 8.18. The molecule has 0 rings (SSSR count). The summed E-state index contributed by atoms with van der Waals surface area (Å²) >= 11 is -1.42. The summed E-state index contributed by atoms with van der Waals surface area (Å²) in [4.78, 5) is 0. The van der Waals surface area contributed by atoms with Crippen molar-refractivity contribution in [1.82, 2.24) is 0 Å². The van der Waals surface area contributed by atoms with Gasteiger partial charge in [0.25, 0.3) is 0 Å². The third-order valence-electron chi connectivity index (χ3n) is 2.11. The number of hydrogen-bond acceptors (Lipinski definition) is 5. The molecule has 0 aliphatic rings. The molecule has 0 saturated carbocycles. The van der Waals surface area contributed by atoms with Gasteiger partial charge in [0.1, 0.15) is 0 Å². The molecule has 0 heterocycles. The molecule has 8 heteroatoms. The molecule has 2 atom stereocenters. The van der Waals surface area contributed by atoms with Gasteiger partial charge in [-0.25, -0.2) is 0 Å². The molecular formula is C7H17AsO6S. The van der Waals surface area contributed by atoms with E-state index in [2.05, 4.69) is 0 Å².